The third kappa shape index (κ3) is 5.25. The summed E-state index contributed by atoms with van der Waals surface area (Å²) in [6.45, 7) is 6.79. The second-order valence-corrected chi connectivity index (χ2v) is 4.95. The average molecular weight is 273 g/mol. The highest BCUT2D eigenvalue weighted by atomic mass is 35.5. The molecular formula is C14H23ClNO2+. The van der Waals surface area contributed by atoms with Crippen molar-refractivity contribution in [2.75, 3.05) is 26.3 Å². The van der Waals surface area contributed by atoms with Crippen molar-refractivity contribution in [2.45, 2.75) is 26.7 Å². The average Bonchev–Trinajstić information content (AvgIpc) is 2.30. The second kappa shape index (κ2) is 8.35. The van der Waals surface area contributed by atoms with Gasteiger partial charge >= 0.3 is 0 Å². The molecule has 0 saturated carbocycles. The van der Waals surface area contributed by atoms with E-state index in [1.54, 1.807) is 0 Å². The van der Waals surface area contributed by atoms with Crippen LogP contribution in [0.2, 0.25) is 5.02 Å². The van der Waals surface area contributed by atoms with E-state index in [1.165, 1.54) is 0 Å². The number of rotatable bonds is 8. The normalized spacial score (nSPS) is 10.7. The quantitative estimate of drug-likeness (QED) is 0.707. The van der Waals surface area contributed by atoms with Crippen molar-refractivity contribution in [1.82, 2.24) is 0 Å². The Bertz CT molecular complexity index is 346. The fraction of sp³-hybridized carbons (Fsp3) is 0.571. The molecule has 0 bridgehead atoms. The van der Waals surface area contributed by atoms with Gasteiger partial charge in [0, 0.05) is 0 Å². The van der Waals surface area contributed by atoms with E-state index >= 15 is 0 Å². The van der Waals surface area contributed by atoms with Crippen molar-refractivity contribution in [3.8, 4) is 5.75 Å². The van der Waals surface area contributed by atoms with Gasteiger partial charge in [0.25, 0.3) is 0 Å². The minimum atomic E-state index is 0.245. The zero-order chi connectivity index (χ0) is 13.4. The summed E-state index contributed by atoms with van der Waals surface area (Å²) in [7, 11) is 0. The Balaban J connectivity index is 2.27. The fourth-order valence-electron chi connectivity index (χ4n) is 1.89. The number of benzene rings is 1. The van der Waals surface area contributed by atoms with E-state index in [4.69, 9.17) is 21.4 Å². The number of aryl methyl sites for hydroxylation is 2. The summed E-state index contributed by atoms with van der Waals surface area (Å²) in [5.41, 5.74) is 2.25. The van der Waals surface area contributed by atoms with E-state index in [0.29, 0.717) is 11.6 Å². The van der Waals surface area contributed by atoms with Gasteiger partial charge in [0.15, 0.2) is 0 Å². The van der Waals surface area contributed by atoms with E-state index < -0.39 is 0 Å². The summed E-state index contributed by atoms with van der Waals surface area (Å²) in [5, 5.41) is 11.4. The van der Waals surface area contributed by atoms with Gasteiger partial charge in [0.05, 0.1) is 31.3 Å². The predicted molar refractivity (Wildman–Crippen MR) is 74.4 cm³/mol. The Morgan fingerprint density at radius 2 is 2.00 bits per heavy atom. The van der Waals surface area contributed by atoms with Crippen LogP contribution in [0.15, 0.2) is 12.1 Å². The van der Waals surface area contributed by atoms with E-state index in [2.05, 4.69) is 11.4 Å². The Morgan fingerprint density at radius 3 is 2.67 bits per heavy atom. The lowest BCUT2D eigenvalue weighted by Crippen LogP contribution is -2.85. The lowest BCUT2D eigenvalue weighted by molar-refractivity contribution is -0.656. The van der Waals surface area contributed by atoms with Crippen LogP contribution in [0.1, 0.15) is 24.0 Å². The van der Waals surface area contributed by atoms with Crippen molar-refractivity contribution in [1.29, 1.82) is 0 Å². The molecule has 0 saturated heterocycles. The molecule has 1 aromatic rings. The predicted octanol–water partition coefficient (Wildman–Crippen LogP) is 1.67. The molecule has 1 aromatic carbocycles. The van der Waals surface area contributed by atoms with Gasteiger partial charge in [0.1, 0.15) is 5.75 Å². The molecule has 102 valence electrons. The third-order valence-electron chi connectivity index (χ3n) is 2.76. The maximum absolute atomic E-state index is 8.63. The van der Waals surface area contributed by atoms with Crippen molar-refractivity contribution < 1.29 is 15.2 Å². The largest absolute Gasteiger partial charge is 0.492 e. The van der Waals surface area contributed by atoms with Crippen LogP contribution < -0.4 is 10.1 Å². The van der Waals surface area contributed by atoms with Crippen molar-refractivity contribution in [2.24, 2.45) is 0 Å². The molecule has 0 unspecified atom stereocenters. The van der Waals surface area contributed by atoms with Crippen molar-refractivity contribution in [3.63, 3.8) is 0 Å². The fourth-order valence-corrected chi connectivity index (χ4v) is 2.26. The van der Waals surface area contributed by atoms with Gasteiger partial charge in [-0.2, -0.15) is 0 Å². The summed E-state index contributed by atoms with van der Waals surface area (Å²) >= 11 is 6.16. The lowest BCUT2D eigenvalue weighted by atomic mass is 10.1. The van der Waals surface area contributed by atoms with E-state index in [-0.39, 0.29) is 6.61 Å². The van der Waals surface area contributed by atoms with Crippen LogP contribution in [-0.2, 0) is 0 Å². The molecule has 0 amide bonds. The number of aliphatic hydroxyl groups excluding tert-OH is 1. The number of aliphatic hydroxyl groups is 1. The van der Waals surface area contributed by atoms with Gasteiger partial charge < -0.3 is 15.2 Å². The molecule has 4 heteroatoms. The van der Waals surface area contributed by atoms with Crippen LogP contribution in [0.25, 0.3) is 0 Å². The molecule has 0 radical (unpaired) electrons. The molecule has 18 heavy (non-hydrogen) atoms. The van der Waals surface area contributed by atoms with Gasteiger partial charge in [-0.1, -0.05) is 17.7 Å². The van der Waals surface area contributed by atoms with E-state index in [9.17, 15) is 0 Å². The first kappa shape index (κ1) is 15.3. The highest BCUT2D eigenvalue weighted by Crippen LogP contribution is 2.29. The molecule has 0 fully saturated rings. The second-order valence-electron chi connectivity index (χ2n) is 4.54. The highest BCUT2D eigenvalue weighted by molar-refractivity contribution is 6.32. The molecule has 0 aromatic heterocycles. The lowest BCUT2D eigenvalue weighted by Gasteiger charge is -2.11. The smallest absolute Gasteiger partial charge is 0.140 e. The third-order valence-corrected chi connectivity index (χ3v) is 3.04. The minimum absolute atomic E-state index is 0.245. The number of nitrogens with two attached hydrogens (primary N) is 1. The van der Waals surface area contributed by atoms with Gasteiger partial charge in [-0.15, -0.1) is 0 Å². The Morgan fingerprint density at radius 1 is 1.22 bits per heavy atom. The molecule has 0 heterocycles. The molecule has 0 aliphatic carbocycles. The zero-order valence-electron chi connectivity index (χ0n) is 11.2. The maximum Gasteiger partial charge on any atom is 0.140 e. The number of ether oxygens (including phenoxy) is 1. The number of hydrogen-bond donors (Lipinski definition) is 2. The molecule has 3 N–H and O–H groups in total. The molecule has 0 aliphatic heterocycles. The van der Waals surface area contributed by atoms with Crippen molar-refractivity contribution >= 4 is 11.6 Å². The summed E-state index contributed by atoms with van der Waals surface area (Å²) in [6, 6.07) is 4.01. The van der Waals surface area contributed by atoms with Crippen LogP contribution in [-0.4, -0.2) is 31.4 Å². The first-order valence-corrected chi connectivity index (χ1v) is 6.85. The van der Waals surface area contributed by atoms with E-state index in [1.807, 2.05) is 19.9 Å². The van der Waals surface area contributed by atoms with Gasteiger partial charge in [-0.05, 0) is 43.9 Å². The number of unbranched alkanes of at least 4 members (excludes halogenated alkanes) is 1. The monoisotopic (exact) mass is 272 g/mol. The summed E-state index contributed by atoms with van der Waals surface area (Å²) < 4.78 is 5.73. The Kier molecular flexibility index (Phi) is 7.09. The number of halogens is 1. The molecule has 3 nitrogen and oxygen atoms in total. The molecule has 0 aliphatic rings. The number of hydrogen-bond acceptors (Lipinski definition) is 2. The SMILES string of the molecule is Cc1cc(C)c(OCCCC[NH2+]CCO)c(Cl)c1. The molecular weight excluding hydrogens is 250 g/mol. The van der Waals surface area contributed by atoms with Crippen molar-refractivity contribution in [3.05, 3.63) is 28.3 Å². The standard InChI is InChI=1S/C14H22ClNO2/c1-11-9-12(2)14(13(15)10-11)18-8-4-3-5-16-6-7-17/h9-10,16-17H,3-8H2,1-2H3/p+1. The Labute approximate surface area is 114 Å². The van der Waals surface area contributed by atoms with Crippen LogP contribution in [0.5, 0.6) is 5.75 Å². The molecule has 0 spiro atoms. The summed E-state index contributed by atoms with van der Waals surface area (Å²) in [6.07, 6.45) is 2.09. The molecule has 0 atom stereocenters. The van der Waals surface area contributed by atoms with Crippen LogP contribution >= 0.6 is 11.6 Å². The maximum atomic E-state index is 8.63. The summed E-state index contributed by atoms with van der Waals surface area (Å²) in [4.78, 5) is 0. The van der Waals surface area contributed by atoms with Gasteiger partial charge in [-0.3, -0.25) is 0 Å². The van der Waals surface area contributed by atoms with Gasteiger partial charge in [0.2, 0.25) is 0 Å². The zero-order valence-corrected chi connectivity index (χ0v) is 12.0. The highest BCUT2D eigenvalue weighted by Gasteiger charge is 2.06. The van der Waals surface area contributed by atoms with E-state index in [0.717, 1.165) is 42.8 Å². The topological polar surface area (TPSA) is 46.1 Å². The first-order chi connectivity index (χ1) is 8.65. The van der Waals surface area contributed by atoms with Crippen LogP contribution in [0.4, 0.5) is 0 Å². The van der Waals surface area contributed by atoms with Crippen LogP contribution in [0, 0.1) is 13.8 Å². The minimum Gasteiger partial charge on any atom is -0.492 e. The molecule has 1 rings (SSSR count). The van der Waals surface area contributed by atoms with Crippen LogP contribution in [0.3, 0.4) is 0 Å². The Hall–Kier alpha value is -0.770. The first-order valence-electron chi connectivity index (χ1n) is 6.47. The number of quaternary nitrogens is 1. The summed E-state index contributed by atoms with van der Waals surface area (Å²) in [5.74, 6) is 0.807. The van der Waals surface area contributed by atoms with Gasteiger partial charge in [-0.25, -0.2) is 0 Å².